The maximum absolute atomic E-state index is 10.5. The zero-order valence-electron chi connectivity index (χ0n) is 7.21. The number of carbonyl (C=O) groups excluding carboxylic acids is 1. The van der Waals surface area contributed by atoms with Gasteiger partial charge in [0.15, 0.2) is 0 Å². The number of primary amides is 1. The summed E-state index contributed by atoms with van der Waals surface area (Å²) in [6.45, 7) is 2.04. The van der Waals surface area contributed by atoms with Crippen molar-refractivity contribution in [2.24, 2.45) is 5.73 Å². The number of hydrogen-bond donors (Lipinski definition) is 1. The van der Waals surface area contributed by atoms with Gasteiger partial charge in [-0.3, -0.25) is 4.79 Å². The second-order valence-electron chi connectivity index (χ2n) is 2.95. The van der Waals surface area contributed by atoms with Gasteiger partial charge in [0.2, 0.25) is 5.91 Å². The summed E-state index contributed by atoms with van der Waals surface area (Å²) in [5.41, 5.74) is 7.43. The van der Waals surface area contributed by atoms with Gasteiger partial charge in [0, 0.05) is 6.42 Å². The van der Waals surface area contributed by atoms with Gasteiger partial charge in [-0.1, -0.05) is 29.8 Å². The fourth-order valence-electron chi connectivity index (χ4n) is 1.02. The molecule has 0 aliphatic rings. The van der Waals surface area contributed by atoms with Gasteiger partial charge in [0.05, 0.1) is 0 Å². The molecule has 2 heteroatoms. The van der Waals surface area contributed by atoms with Crippen molar-refractivity contribution in [3.8, 4) is 0 Å². The lowest BCUT2D eigenvalue weighted by molar-refractivity contribution is -0.117. The fraction of sp³-hybridized carbons (Fsp3) is 0.300. The van der Waals surface area contributed by atoms with E-state index in [-0.39, 0.29) is 5.91 Å². The highest BCUT2D eigenvalue weighted by Crippen LogP contribution is 2.04. The molecule has 0 spiro atoms. The molecule has 0 aromatic heterocycles. The highest BCUT2D eigenvalue weighted by molar-refractivity contribution is 5.73. The van der Waals surface area contributed by atoms with Gasteiger partial charge in [-0.05, 0) is 18.9 Å². The van der Waals surface area contributed by atoms with E-state index in [2.05, 4.69) is 0 Å². The monoisotopic (exact) mass is 163 g/mol. The molecule has 2 nitrogen and oxygen atoms in total. The summed E-state index contributed by atoms with van der Waals surface area (Å²) in [6.07, 6.45) is 1.18. The minimum Gasteiger partial charge on any atom is -0.370 e. The highest BCUT2D eigenvalue weighted by atomic mass is 16.1. The molecule has 12 heavy (non-hydrogen) atoms. The molecular weight excluding hydrogens is 150 g/mol. The van der Waals surface area contributed by atoms with Crippen molar-refractivity contribution in [3.05, 3.63) is 35.4 Å². The first-order valence-corrected chi connectivity index (χ1v) is 4.02. The standard InChI is InChI=1S/C10H13NO/c1-8-2-4-9(5-3-8)6-7-10(11)12/h2-5H,6-7H2,1H3,(H2,11,12). The predicted octanol–water partition coefficient (Wildman–Crippen LogP) is 1.41. The second kappa shape index (κ2) is 3.90. The molecule has 0 saturated carbocycles. The second-order valence-corrected chi connectivity index (χ2v) is 2.95. The molecule has 1 amide bonds. The maximum Gasteiger partial charge on any atom is 0.217 e. The Morgan fingerprint density at radius 1 is 1.33 bits per heavy atom. The van der Waals surface area contributed by atoms with E-state index in [4.69, 9.17) is 5.73 Å². The van der Waals surface area contributed by atoms with Crippen molar-refractivity contribution in [2.75, 3.05) is 0 Å². The SMILES string of the molecule is Cc1ccc(CCC(N)=O)cc1. The van der Waals surface area contributed by atoms with Crippen LogP contribution in [-0.2, 0) is 11.2 Å². The van der Waals surface area contributed by atoms with E-state index < -0.39 is 0 Å². The number of aryl methyl sites for hydroxylation is 2. The fourth-order valence-corrected chi connectivity index (χ4v) is 1.02. The van der Waals surface area contributed by atoms with E-state index in [1.165, 1.54) is 11.1 Å². The molecule has 64 valence electrons. The molecule has 1 rings (SSSR count). The Morgan fingerprint density at radius 3 is 2.42 bits per heavy atom. The molecule has 0 saturated heterocycles. The van der Waals surface area contributed by atoms with Crippen LogP contribution in [0.25, 0.3) is 0 Å². The number of amides is 1. The Kier molecular flexibility index (Phi) is 2.86. The summed E-state index contributed by atoms with van der Waals surface area (Å²) in [5.74, 6) is -0.240. The smallest absolute Gasteiger partial charge is 0.217 e. The quantitative estimate of drug-likeness (QED) is 0.719. The summed E-state index contributed by atoms with van der Waals surface area (Å²) >= 11 is 0. The van der Waals surface area contributed by atoms with E-state index in [9.17, 15) is 4.79 Å². The summed E-state index contributed by atoms with van der Waals surface area (Å²) in [4.78, 5) is 10.5. The molecule has 0 fully saturated rings. The minimum absolute atomic E-state index is 0.240. The minimum atomic E-state index is -0.240. The van der Waals surface area contributed by atoms with Crippen LogP contribution in [-0.4, -0.2) is 5.91 Å². The van der Waals surface area contributed by atoms with Gasteiger partial charge in [-0.25, -0.2) is 0 Å². The normalized spacial score (nSPS) is 9.75. The van der Waals surface area contributed by atoms with Crippen molar-refractivity contribution < 1.29 is 4.79 Å². The molecule has 0 heterocycles. The summed E-state index contributed by atoms with van der Waals surface area (Å²) in [6, 6.07) is 8.13. The highest BCUT2D eigenvalue weighted by Gasteiger charge is 1.95. The van der Waals surface area contributed by atoms with Crippen molar-refractivity contribution >= 4 is 5.91 Å². The van der Waals surface area contributed by atoms with Gasteiger partial charge in [-0.15, -0.1) is 0 Å². The van der Waals surface area contributed by atoms with Crippen LogP contribution in [0.1, 0.15) is 17.5 Å². The number of rotatable bonds is 3. The molecule has 0 bridgehead atoms. The lowest BCUT2D eigenvalue weighted by Crippen LogP contribution is -2.11. The number of carbonyl (C=O) groups is 1. The lowest BCUT2D eigenvalue weighted by Gasteiger charge is -1.98. The van der Waals surface area contributed by atoms with Crippen LogP contribution < -0.4 is 5.73 Å². The summed E-state index contributed by atoms with van der Waals surface area (Å²) < 4.78 is 0. The number of nitrogens with two attached hydrogens (primary N) is 1. The number of hydrogen-bond acceptors (Lipinski definition) is 1. The van der Waals surface area contributed by atoms with E-state index in [1.807, 2.05) is 31.2 Å². The van der Waals surface area contributed by atoms with Crippen molar-refractivity contribution in [2.45, 2.75) is 19.8 Å². The average molecular weight is 163 g/mol. The van der Waals surface area contributed by atoms with Crippen LogP contribution in [0.15, 0.2) is 24.3 Å². The zero-order valence-corrected chi connectivity index (χ0v) is 7.21. The summed E-state index contributed by atoms with van der Waals surface area (Å²) in [7, 11) is 0. The molecular formula is C10H13NO. The maximum atomic E-state index is 10.5. The van der Waals surface area contributed by atoms with Crippen LogP contribution in [0.4, 0.5) is 0 Å². The zero-order chi connectivity index (χ0) is 8.97. The number of benzene rings is 1. The first-order chi connectivity index (χ1) is 5.68. The Labute approximate surface area is 72.4 Å². The van der Waals surface area contributed by atoms with Crippen LogP contribution >= 0.6 is 0 Å². The Morgan fingerprint density at radius 2 is 1.92 bits per heavy atom. The molecule has 0 atom stereocenters. The Bertz CT molecular complexity index is 264. The molecule has 1 aromatic rings. The van der Waals surface area contributed by atoms with Crippen molar-refractivity contribution in [1.29, 1.82) is 0 Å². The Hall–Kier alpha value is -1.31. The topological polar surface area (TPSA) is 43.1 Å². The molecule has 0 unspecified atom stereocenters. The average Bonchev–Trinajstić information content (AvgIpc) is 2.03. The van der Waals surface area contributed by atoms with Crippen LogP contribution in [0.3, 0.4) is 0 Å². The molecule has 0 radical (unpaired) electrons. The third kappa shape index (κ3) is 2.74. The molecule has 1 aromatic carbocycles. The predicted molar refractivity (Wildman–Crippen MR) is 48.7 cm³/mol. The van der Waals surface area contributed by atoms with Crippen molar-refractivity contribution in [1.82, 2.24) is 0 Å². The van der Waals surface area contributed by atoms with Gasteiger partial charge >= 0.3 is 0 Å². The molecule has 0 aliphatic heterocycles. The van der Waals surface area contributed by atoms with Gasteiger partial charge in [-0.2, -0.15) is 0 Å². The first kappa shape index (κ1) is 8.78. The molecule has 0 aliphatic carbocycles. The lowest BCUT2D eigenvalue weighted by atomic mass is 10.1. The van der Waals surface area contributed by atoms with E-state index >= 15 is 0 Å². The largest absolute Gasteiger partial charge is 0.370 e. The van der Waals surface area contributed by atoms with Gasteiger partial charge < -0.3 is 5.73 Å². The van der Waals surface area contributed by atoms with E-state index in [0.29, 0.717) is 6.42 Å². The third-order valence-electron chi connectivity index (χ3n) is 1.78. The molecule has 2 N–H and O–H groups in total. The van der Waals surface area contributed by atoms with E-state index in [1.54, 1.807) is 0 Å². The first-order valence-electron chi connectivity index (χ1n) is 4.02. The van der Waals surface area contributed by atoms with Gasteiger partial charge in [0.25, 0.3) is 0 Å². The van der Waals surface area contributed by atoms with Gasteiger partial charge in [0.1, 0.15) is 0 Å². The van der Waals surface area contributed by atoms with Crippen LogP contribution in [0.5, 0.6) is 0 Å². The van der Waals surface area contributed by atoms with Crippen LogP contribution in [0, 0.1) is 6.92 Å². The van der Waals surface area contributed by atoms with Crippen molar-refractivity contribution in [3.63, 3.8) is 0 Å². The van der Waals surface area contributed by atoms with Crippen LogP contribution in [0.2, 0.25) is 0 Å². The Balaban J connectivity index is 2.53. The van der Waals surface area contributed by atoms with E-state index in [0.717, 1.165) is 6.42 Å². The summed E-state index contributed by atoms with van der Waals surface area (Å²) in [5, 5.41) is 0. The third-order valence-corrected chi connectivity index (χ3v) is 1.78.